The van der Waals surface area contributed by atoms with Gasteiger partial charge >= 0.3 is 0 Å². The number of carbonyl (C=O) groups is 2. The predicted molar refractivity (Wildman–Crippen MR) is 122 cm³/mol. The molecule has 0 aliphatic heterocycles. The normalized spacial score (nSPS) is 11.1. The fourth-order valence-corrected chi connectivity index (χ4v) is 3.40. The van der Waals surface area contributed by atoms with Crippen LogP contribution in [0.25, 0.3) is 0 Å². The van der Waals surface area contributed by atoms with Crippen LogP contribution in [0, 0.1) is 0 Å². The molecule has 0 aromatic heterocycles. The van der Waals surface area contributed by atoms with Crippen LogP contribution in [0.2, 0.25) is 0 Å². The predicted octanol–water partition coefficient (Wildman–Crippen LogP) is 4.82. The molecule has 0 unspecified atom stereocenters. The van der Waals surface area contributed by atoms with E-state index in [0.29, 0.717) is 5.69 Å². The van der Waals surface area contributed by atoms with E-state index < -0.39 is 0 Å². The maximum absolute atomic E-state index is 12.7. The van der Waals surface area contributed by atoms with Crippen molar-refractivity contribution in [2.24, 2.45) is 0 Å². The molecule has 0 radical (unpaired) electrons. The van der Waals surface area contributed by atoms with Gasteiger partial charge in [-0.15, -0.1) is 0 Å². The molecule has 0 saturated carbocycles. The average molecular weight is 396 g/mol. The number of nitrogens with one attached hydrogen (secondary N) is 1. The molecule has 0 spiro atoms. The minimum absolute atomic E-state index is 0.0293. The highest BCUT2D eigenvalue weighted by molar-refractivity contribution is 6.02. The first-order chi connectivity index (χ1) is 13.7. The van der Waals surface area contributed by atoms with Crippen molar-refractivity contribution in [1.82, 2.24) is 0 Å². The number of nitrogens with zero attached hydrogens (tertiary/aromatic N) is 2. The maximum Gasteiger partial charge on any atom is 0.244 e. The van der Waals surface area contributed by atoms with Crippen molar-refractivity contribution >= 4 is 28.9 Å². The lowest BCUT2D eigenvalue weighted by molar-refractivity contribution is -0.120. The summed E-state index contributed by atoms with van der Waals surface area (Å²) in [5, 5.41) is 2.98. The van der Waals surface area contributed by atoms with Crippen LogP contribution in [0.5, 0.6) is 0 Å². The molecule has 0 heterocycles. The minimum atomic E-state index is -0.218. The standard InChI is InChI=1S/C24H33N3O2/c1-7-26(8-2)19-13-15-20(16-14-19)27(18(3)28)17-23(29)25-22-12-10-9-11-21(22)24(4,5)6/h9-16H,7-8,17H2,1-6H3,(H,25,29). The molecule has 2 aromatic carbocycles. The monoisotopic (exact) mass is 395 g/mol. The van der Waals surface area contributed by atoms with Crippen LogP contribution in [-0.2, 0) is 15.0 Å². The molecule has 0 saturated heterocycles. The fourth-order valence-electron chi connectivity index (χ4n) is 3.40. The SMILES string of the molecule is CCN(CC)c1ccc(N(CC(=O)Nc2ccccc2C(C)(C)C)C(C)=O)cc1. The molecule has 0 atom stereocenters. The Kier molecular flexibility index (Phi) is 7.43. The van der Waals surface area contributed by atoms with Crippen molar-refractivity contribution in [1.29, 1.82) is 0 Å². The van der Waals surface area contributed by atoms with Crippen molar-refractivity contribution in [2.45, 2.75) is 47.0 Å². The van der Waals surface area contributed by atoms with Gasteiger partial charge in [0, 0.05) is 37.1 Å². The van der Waals surface area contributed by atoms with E-state index in [4.69, 9.17) is 0 Å². The van der Waals surface area contributed by atoms with Gasteiger partial charge in [0.1, 0.15) is 6.54 Å². The number of benzene rings is 2. The molecule has 1 N–H and O–H groups in total. The van der Waals surface area contributed by atoms with Crippen LogP contribution in [-0.4, -0.2) is 31.4 Å². The molecule has 2 rings (SSSR count). The number of para-hydroxylation sites is 1. The third kappa shape index (κ3) is 5.83. The first kappa shape index (κ1) is 22.5. The van der Waals surface area contributed by atoms with Crippen LogP contribution < -0.4 is 15.1 Å². The number of rotatable bonds is 7. The maximum atomic E-state index is 12.7. The number of hydrogen-bond donors (Lipinski definition) is 1. The van der Waals surface area contributed by atoms with E-state index in [9.17, 15) is 9.59 Å². The highest BCUT2D eigenvalue weighted by Gasteiger charge is 2.21. The smallest absolute Gasteiger partial charge is 0.244 e. The van der Waals surface area contributed by atoms with E-state index in [2.05, 4.69) is 44.8 Å². The van der Waals surface area contributed by atoms with Crippen molar-refractivity contribution in [3.63, 3.8) is 0 Å². The van der Waals surface area contributed by atoms with E-state index in [1.807, 2.05) is 48.5 Å². The van der Waals surface area contributed by atoms with Gasteiger partial charge < -0.3 is 15.1 Å². The van der Waals surface area contributed by atoms with Crippen molar-refractivity contribution in [3.05, 3.63) is 54.1 Å². The average Bonchev–Trinajstić information content (AvgIpc) is 2.67. The second-order valence-corrected chi connectivity index (χ2v) is 8.14. The van der Waals surface area contributed by atoms with Crippen LogP contribution in [0.15, 0.2) is 48.5 Å². The zero-order valence-electron chi connectivity index (χ0n) is 18.5. The summed E-state index contributed by atoms with van der Waals surface area (Å²) >= 11 is 0. The van der Waals surface area contributed by atoms with Gasteiger partial charge in [-0.25, -0.2) is 0 Å². The lowest BCUT2D eigenvalue weighted by Gasteiger charge is -2.25. The molecular formula is C24H33N3O2. The van der Waals surface area contributed by atoms with Crippen molar-refractivity contribution in [3.8, 4) is 0 Å². The Morgan fingerprint density at radius 3 is 1.97 bits per heavy atom. The lowest BCUT2D eigenvalue weighted by Crippen LogP contribution is -2.37. The number of hydrogen-bond acceptors (Lipinski definition) is 3. The summed E-state index contributed by atoms with van der Waals surface area (Å²) in [6.45, 7) is 13.8. The van der Waals surface area contributed by atoms with Gasteiger partial charge in [-0.05, 0) is 55.2 Å². The molecule has 0 bridgehead atoms. The summed E-state index contributed by atoms with van der Waals surface area (Å²) < 4.78 is 0. The molecule has 29 heavy (non-hydrogen) atoms. The largest absolute Gasteiger partial charge is 0.372 e. The summed E-state index contributed by atoms with van der Waals surface area (Å²) in [6.07, 6.45) is 0. The molecule has 156 valence electrons. The van der Waals surface area contributed by atoms with E-state index in [1.165, 1.54) is 11.8 Å². The Balaban J connectivity index is 2.18. The van der Waals surface area contributed by atoms with Crippen LogP contribution in [0.3, 0.4) is 0 Å². The molecule has 0 aliphatic rings. The first-order valence-electron chi connectivity index (χ1n) is 10.2. The van der Waals surface area contributed by atoms with Crippen LogP contribution >= 0.6 is 0 Å². The van der Waals surface area contributed by atoms with Gasteiger partial charge in [-0.1, -0.05) is 39.0 Å². The summed E-state index contributed by atoms with van der Waals surface area (Å²) in [5.41, 5.74) is 3.57. The van der Waals surface area contributed by atoms with Gasteiger partial charge in [-0.3, -0.25) is 9.59 Å². The number of anilines is 3. The van der Waals surface area contributed by atoms with Crippen LogP contribution in [0.4, 0.5) is 17.1 Å². The second kappa shape index (κ2) is 9.59. The van der Waals surface area contributed by atoms with E-state index in [1.54, 1.807) is 0 Å². The van der Waals surface area contributed by atoms with E-state index in [0.717, 1.165) is 30.0 Å². The quantitative estimate of drug-likeness (QED) is 0.731. The van der Waals surface area contributed by atoms with E-state index >= 15 is 0 Å². The Bertz CT molecular complexity index is 834. The third-order valence-corrected chi connectivity index (χ3v) is 4.98. The summed E-state index contributed by atoms with van der Waals surface area (Å²) in [6, 6.07) is 15.6. The van der Waals surface area contributed by atoms with Gasteiger partial charge in [0.25, 0.3) is 0 Å². The minimum Gasteiger partial charge on any atom is -0.372 e. The zero-order chi connectivity index (χ0) is 21.6. The molecule has 2 aromatic rings. The molecular weight excluding hydrogens is 362 g/mol. The lowest BCUT2D eigenvalue weighted by atomic mass is 9.86. The van der Waals surface area contributed by atoms with Gasteiger partial charge in [-0.2, -0.15) is 0 Å². The van der Waals surface area contributed by atoms with E-state index in [-0.39, 0.29) is 23.8 Å². The highest BCUT2D eigenvalue weighted by atomic mass is 16.2. The molecule has 0 fully saturated rings. The van der Waals surface area contributed by atoms with Gasteiger partial charge in [0.05, 0.1) is 0 Å². The van der Waals surface area contributed by atoms with Gasteiger partial charge in [0.2, 0.25) is 11.8 Å². The Labute approximate surface area is 174 Å². The third-order valence-electron chi connectivity index (χ3n) is 4.98. The van der Waals surface area contributed by atoms with Crippen molar-refractivity contribution in [2.75, 3.05) is 34.8 Å². The fraction of sp³-hybridized carbons (Fsp3) is 0.417. The molecule has 5 nitrogen and oxygen atoms in total. The Morgan fingerprint density at radius 1 is 0.897 bits per heavy atom. The first-order valence-corrected chi connectivity index (χ1v) is 10.2. The van der Waals surface area contributed by atoms with Gasteiger partial charge in [0.15, 0.2) is 0 Å². The summed E-state index contributed by atoms with van der Waals surface area (Å²) in [4.78, 5) is 28.7. The molecule has 5 heteroatoms. The number of carbonyl (C=O) groups excluding carboxylic acids is 2. The highest BCUT2D eigenvalue weighted by Crippen LogP contribution is 2.29. The Morgan fingerprint density at radius 2 is 1.45 bits per heavy atom. The Hall–Kier alpha value is -2.82. The van der Waals surface area contributed by atoms with Crippen LogP contribution in [0.1, 0.15) is 47.1 Å². The second-order valence-electron chi connectivity index (χ2n) is 8.14. The molecule has 0 aliphatic carbocycles. The summed E-state index contributed by atoms with van der Waals surface area (Å²) in [5.74, 6) is -0.385. The van der Waals surface area contributed by atoms with Crippen molar-refractivity contribution < 1.29 is 9.59 Å². The summed E-state index contributed by atoms with van der Waals surface area (Å²) in [7, 11) is 0. The number of amides is 2. The topological polar surface area (TPSA) is 52.6 Å². The zero-order valence-corrected chi connectivity index (χ0v) is 18.5. The molecule has 2 amide bonds.